The van der Waals surface area contributed by atoms with Gasteiger partial charge in [-0.15, -0.1) is 0 Å². The number of amides is 1. The first-order valence-corrected chi connectivity index (χ1v) is 12.7. The number of morpholine rings is 1. The van der Waals surface area contributed by atoms with Gasteiger partial charge in [0.2, 0.25) is 5.82 Å². The third kappa shape index (κ3) is 6.74. The fourth-order valence-electron chi connectivity index (χ4n) is 4.29. The summed E-state index contributed by atoms with van der Waals surface area (Å²) < 4.78 is 85.3. The molecule has 1 saturated heterocycles. The Kier molecular flexibility index (Phi) is 8.22. The van der Waals surface area contributed by atoms with E-state index in [-0.39, 0.29) is 40.6 Å². The van der Waals surface area contributed by atoms with Crippen LogP contribution in [-0.4, -0.2) is 70.1 Å². The van der Waals surface area contributed by atoms with Gasteiger partial charge in [-0.3, -0.25) is 14.7 Å². The molecule has 1 fully saturated rings. The van der Waals surface area contributed by atoms with Crippen molar-refractivity contribution >= 4 is 28.4 Å². The van der Waals surface area contributed by atoms with Crippen molar-refractivity contribution in [2.75, 3.05) is 44.7 Å². The summed E-state index contributed by atoms with van der Waals surface area (Å²) in [5.41, 5.74) is -2.34. The lowest BCUT2D eigenvalue weighted by Crippen LogP contribution is -2.41. The van der Waals surface area contributed by atoms with E-state index in [0.717, 1.165) is 24.3 Å². The van der Waals surface area contributed by atoms with E-state index >= 15 is 0 Å². The van der Waals surface area contributed by atoms with Crippen LogP contribution in [0.3, 0.4) is 0 Å². The number of pyridine rings is 2. The number of nitrogens with zero attached hydrogens (tertiary/aromatic N) is 5. The van der Waals surface area contributed by atoms with E-state index in [1.807, 2.05) is 0 Å². The van der Waals surface area contributed by atoms with E-state index in [0.29, 0.717) is 32.8 Å². The number of carbonyl (C=O) groups excluding carboxylic acids is 1. The number of rotatable bonds is 7. The molecular formula is C27H23F6N7O2. The summed E-state index contributed by atoms with van der Waals surface area (Å²) in [4.78, 5) is 31.7. The molecule has 0 spiro atoms. The normalized spacial score (nSPS) is 14.6. The number of alkyl halides is 6. The van der Waals surface area contributed by atoms with E-state index < -0.39 is 35.1 Å². The van der Waals surface area contributed by atoms with E-state index in [2.05, 4.69) is 35.5 Å². The molecular weight excluding hydrogens is 568 g/mol. The lowest BCUT2D eigenvalue weighted by Gasteiger charge is -2.26. The van der Waals surface area contributed by atoms with Gasteiger partial charge in [-0.25, -0.2) is 15.0 Å². The molecule has 4 heterocycles. The highest BCUT2D eigenvalue weighted by Crippen LogP contribution is 2.36. The lowest BCUT2D eigenvalue weighted by atomic mass is 10.1. The molecule has 1 amide bonds. The minimum atomic E-state index is -4.70. The highest BCUT2D eigenvalue weighted by Gasteiger charge is 2.35. The van der Waals surface area contributed by atoms with Crippen molar-refractivity contribution in [1.82, 2.24) is 30.2 Å². The van der Waals surface area contributed by atoms with Crippen LogP contribution in [0.2, 0.25) is 0 Å². The minimum absolute atomic E-state index is 0.0224. The molecule has 0 aliphatic carbocycles. The zero-order valence-corrected chi connectivity index (χ0v) is 21.8. The third-order valence-corrected chi connectivity index (χ3v) is 6.41. The summed E-state index contributed by atoms with van der Waals surface area (Å²) in [5.74, 6) is -0.976. The average Bonchev–Trinajstić information content (AvgIpc) is 2.96. The molecule has 42 heavy (non-hydrogen) atoms. The molecule has 0 radical (unpaired) electrons. The number of carbonyl (C=O) groups is 1. The van der Waals surface area contributed by atoms with Crippen LogP contribution in [0, 0.1) is 0 Å². The second-order valence-corrected chi connectivity index (χ2v) is 9.27. The Morgan fingerprint density at radius 2 is 1.64 bits per heavy atom. The highest BCUT2D eigenvalue weighted by atomic mass is 19.4. The predicted octanol–water partition coefficient (Wildman–Crippen LogP) is 4.93. The van der Waals surface area contributed by atoms with Crippen LogP contribution in [0.5, 0.6) is 0 Å². The van der Waals surface area contributed by atoms with Gasteiger partial charge < -0.3 is 15.4 Å². The molecule has 9 nitrogen and oxygen atoms in total. The fraction of sp³-hybridized carbons (Fsp3) is 0.296. The number of ether oxygens (including phenoxy) is 1. The first-order valence-electron chi connectivity index (χ1n) is 12.7. The third-order valence-electron chi connectivity index (χ3n) is 6.41. The molecule has 0 saturated carbocycles. The highest BCUT2D eigenvalue weighted by molar-refractivity contribution is 5.96. The van der Waals surface area contributed by atoms with Gasteiger partial charge >= 0.3 is 12.4 Å². The van der Waals surface area contributed by atoms with Crippen molar-refractivity contribution in [3.05, 3.63) is 71.7 Å². The van der Waals surface area contributed by atoms with Gasteiger partial charge in [0.25, 0.3) is 5.91 Å². The van der Waals surface area contributed by atoms with Crippen molar-refractivity contribution < 1.29 is 35.9 Å². The summed E-state index contributed by atoms with van der Waals surface area (Å²) >= 11 is 0. The first kappa shape index (κ1) is 29.1. The monoisotopic (exact) mass is 591 g/mol. The van der Waals surface area contributed by atoms with E-state index in [4.69, 9.17) is 4.74 Å². The SMILES string of the molecule is O=C(NCCN1CCOCC1)c1nc(Nc2ccc(C(F)(F)F)cc2)c2ccc(-c3ncccc3C(F)(F)F)nc2n1. The predicted molar refractivity (Wildman–Crippen MR) is 140 cm³/mol. The summed E-state index contributed by atoms with van der Waals surface area (Å²) in [6, 6.07) is 8.85. The van der Waals surface area contributed by atoms with E-state index in [9.17, 15) is 31.1 Å². The summed E-state index contributed by atoms with van der Waals surface area (Å²) in [6.07, 6.45) is -8.04. The first-order chi connectivity index (χ1) is 20.0. The van der Waals surface area contributed by atoms with Gasteiger partial charge in [-0.2, -0.15) is 26.3 Å². The zero-order chi connectivity index (χ0) is 29.9. The molecule has 1 aliphatic heterocycles. The Labute approximate surface area is 235 Å². The number of aromatic nitrogens is 4. The van der Waals surface area contributed by atoms with Crippen LogP contribution in [0.15, 0.2) is 54.7 Å². The molecule has 4 aromatic rings. The van der Waals surface area contributed by atoms with Crippen LogP contribution >= 0.6 is 0 Å². The average molecular weight is 592 g/mol. The number of nitrogens with one attached hydrogen (secondary N) is 2. The molecule has 0 bridgehead atoms. The van der Waals surface area contributed by atoms with Crippen molar-refractivity contribution in [2.24, 2.45) is 0 Å². The van der Waals surface area contributed by atoms with Gasteiger partial charge in [0.1, 0.15) is 11.5 Å². The Balaban J connectivity index is 1.50. The van der Waals surface area contributed by atoms with Gasteiger partial charge in [-0.1, -0.05) is 0 Å². The van der Waals surface area contributed by atoms with Gasteiger partial charge in [-0.05, 0) is 48.5 Å². The van der Waals surface area contributed by atoms with E-state index in [1.54, 1.807) is 0 Å². The topological polar surface area (TPSA) is 105 Å². The summed E-state index contributed by atoms with van der Waals surface area (Å²) in [6.45, 7) is 3.40. The summed E-state index contributed by atoms with van der Waals surface area (Å²) in [7, 11) is 0. The molecule has 0 unspecified atom stereocenters. The number of anilines is 2. The van der Waals surface area contributed by atoms with Crippen LogP contribution in [0.25, 0.3) is 22.4 Å². The maximum absolute atomic E-state index is 13.6. The second kappa shape index (κ2) is 11.9. The fourth-order valence-corrected chi connectivity index (χ4v) is 4.29. The van der Waals surface area contributed by atoms with Crippen molar-refractivity contribution in [3.63, 3.8) is 0 Å². The molecule has 2 N–H and O–H groups in total. The van der Waals surface area contributed by atoms with Crippen LogP contribution in [0.4, 0.5) is 37.8 Å². The Bertz CT molecular complexity index is 1570. The van der Waals surface area contributed by atoms with Crippen molar-refractivity contribution in [2.45, 2.75) is 12.4 Å². The minimum Gasteiger partial charge on any atom is -0.379 e. The van der Waals surface area contributed by atoms with Crippen LogP contribution in [-0.2, 0) is 17.1 Å². The number of benzene rings is 1. The zero-order valence-electron chi connectivity index (χ0n) is 21.8. The quantitative estimate of drug-likeness (QED) is 0.292. The van der Waals surface area contributed by atoms with Crippen LogP contribution in [0.1, 0.15) is 21.7 Å². The summed E-state index contributed by atoms with van der Waals surface area (Å²) in [5, 5.41) is 5.80. The van der Waals surface area contributed by atoms with Gasteiger partial charge in [0.05, 0.1) is 35.4 Å². The molecule has 1 aliphatic rings. The molecule has 1 aromatic carbocycles. The Hall–Kier alpha value is -4.37. The van der Waals surface area contributed by atoms with Crippen LogP contribution < -0.4 is 10.6 Å². The molecule has 5 rings (SSSR count). The maximum Gasteiger partial charge on any atom is 0.418 e. The Morgan fingerprint density at radius 3 is 2.33 bits per heavy atom. The van der Waals surface area contributed by atoms with Gasteiger partial charge in [0.15, 0.2) is 5.65 Å². The number of hydrogen-bond acceptors (Lipinski definition) is 8. The lowest BCUT2D eigenvalue weighted by molar-refractivity contribution is -0.138. The number of fused-ring (bicyclic) bond motifs is 1. The van der Waals surface area contributed by atoms with Gasteiger partial charge in [0, 0.05) is 38.1 Å². The standard InChI is InChI=1S/C27H23F6N7O2/c28-26(29,30)16-3-5-17(6-4-16)36-22-18-7-8-20(21-19(27(31,32)33)2-1-9-34-21)37-23(18)39-24(38-22)25(41)35-10-11-40-12-14-42-15-13-40/h1-9H,10-15H2,(H,35,41)(H,36,37,38,39). The molecule has 220 valence electrons. The molecule has 15 heteroatoms. The number of hydrogen-bond donors (Lipinski definition) is 2. The van der Waals surface area contributed by atoms with E-state index in [1.165, 1.54) is 30.5 Å². The number of halogens is 6. The Morgan fingerprint density at radius 1 is 0.905 bits per heavy atom. The largest absolute Gasteiger partial charge is 0.418 e. The maximum atomic E-state index is 13.6. The second-order valence-electron chi connectivity index (χ2n) is 9.27. The molecule has 3 aromatic heterocycles. The smallest absolute Gasteiger partial charge is 0.379 e. The van der Waals surface area contributed by atoms with Crippen molar-refractivity contribution in [1.29, 1.82) is 0 Å². The van der Waals surface area contributed by atoms with Crippen molar-refractivity contribution in [3.8, 4) is 11.4 Å². The molecule has 0 atom stereocenters.